The Morgan fingerprint density at radius 2 is 2.08 bits per heavy atom. The van der Waals surface area contributed by atoms with Gasteiger partial charge in [-0.1, -0.05) is 12.1 Å². The molecule has 0 fully saturated rings. The number of hydrogen-bond acceptors (Lipinski definition) is 4. The van der Waals surface area contributed by atoms with E-state index in [1.165, 1.54) is 6.07 Å². The van der Waals surface area contributed by atoms with Crippen molar-refractivity contribution in [1.29, 1.82) is 0 Å². The summed E-state index contributed by atoms with van der Waals surface area (Å²) in [5.74, 6) is -0.434. The summed E-state index contributed by atoms with van der Waals surface area (Å²) >= 11 is 3.39. The molecule has 122 valence electrons. The highest BCUT2D eigenvalue weighted by Crippen LogP contribution is 2.38. The summed E-state index contributed by atoms with van der Waals surface area (Å²) in [6.45, 7) is 3.56. The van der Waals surface area contributed by atoms with Crippen LogP contribution in [-0.4, -0.2) is 31.0 Å². The lowest BCUT2D eigenvalue weighted by Gasteiger charge is -2.34. The Morgan fingerprint density at radius 1 is 1.29 bits per heavy atom. The lowest BCUT2D eigenvalue weighted by atomic mass is 9.82. The number of hydrogen-bond donors (Lipinski definition) is 1. The molecule has 3 heterocycles. The predicted octanol–water partition coefficient (Wildman–Crippen LogP) is 3.29. The van der Waals surface area contributed by atoms with Crippen LogP contribution in [0.1, 0.15) is 36.6 Å². The van der Waals surface area contributed by atoms with Crippen LogP contribution in [0.5, 0.6) is 0 Å². The van der Waals surface area contributed by atoms with Gasteiger partial charge in [-0.3, -0.25) is 4.99 Å². The largest absolute Gasteiger partial charge is 0.386 e. The van der Waals surface area contributed by atoms with Crippen molar-refractivity contribution in [2.45, 2.75) is 25.5 Å². The molecule has 24 heavy (non-hydrogen) atoms. The second kappa shape index (κ2) is 5.19. The molecule has 0 saturated heterocycles. The van der Waals surface area contributed by atoms with Gasteiger partial charge < -0.3 is 5.11 Å². The first kappa shape index (κ1) is 15.4. The smallest absolute Gasteiger partial charge is 0.169 e. The predicted molar refractivity (Wildman–Crippen MR) is 91.8 cm³/mol. The maximum atomic E-state index is 14.4. The standard InChI is InChI=1S/C17H14BrFN4O/c1-17(2)15(24)13-10(4-3-5-12(13)19)14(22-17)9-6-20-16-11(18)7-21-23(16)8-9/h3-8,15,24H,1-2H3. The fraction of sp³-hybridized carbons (Fsp3) is 0.235. The van der Waals surface area contributed by atoms with E-state index in [1.807, 2.05) is 0 Å². The zero-order valence-electron chi connectivity index (χ0n) is 13.0. The van der Waals surface area contributed by atoms with Gasteiger partial charge in [-0.15, -0.1) is 0 Å². The Morgan fingerprint density at radius 3 is 2.88 bits per heavy atom. The summed E-state index contributed by atoms with van der Waals surface area (Å²) in [4.78, 5) is 9.06. The monoisotopic (exact) mass is 388 g/mol. The molecule has 1 unspecified atom stereocenters. The summed E-state index contributed by atoms with van der Waals surface area (Å²) in [5, 5.41) is 14.8. The number of aliphatic hydroxyl groups excluding tert-OH is 1. The van der Waals surface area contributed by atoms with Gasteiger partial charge in [-0.2, -0.15) is 5.10 Å². The molecule has 7 heteroatoms. The quantitative estimate of drug-likeness (QED) is 0.695. The summed E-state index contributed by atoms with van der Waals surface area (Å²) in [6, 6.07) is 4.73. The first-order valence-electron chi connectivity index (χ1n) is 7.44. The molecule has 1 N–H and O–H groups in total. The molecule has 0 radical (unpaired) electrons. The maximum Gasteiger partial charge on any atom is 0.169 e. The minimum Gasteiger partial charge on any atom is -0.386 e. The first-order chi connectivity index (χ1) is 11.4. The number of aliphatic hydroxyl groups is 1. The normalized spacial score (nSPS) is 19.2. The number of aliphatic imine (C=N–C) groups is 1. The van der Waals surface area contributed by atoms with Crippen molar-refractivity contribution in [3.8, 4) is 0 Å². The molecule has 1 atom stereocenters. The molecule has 2 aromatic heterocycles. The fourth-order valence-corrected chi connectivity index (χ4v) is 3.35. The van der Waals surface area contributed by atoms with E-state index in [0.717, 1.165) is 4.47 Å². The van der Waals surface area contributed by atoms with Crippen molar-refractivity contribution >= 4 is 27.3 Å². The van der Waals surface area contributed by atoms with E-state index < -0.39 is 17.5 Å². The molecule has 0 aliphatic carbocycles. The molecule has 3 aromatic rings. The van der Waals surface area contributed by atoms with E-state index in [1.54, 1.807) is 49.1 Å². The van der Waals surface area contributed by atoms with Crippen molar-refractivity contribution in [1.82, 2.24) is 14.6 Å². The topological polar surface area (TPSA) is 62.8 Å². The van der Waals surface area contributed by atoms with E-state index in [9.17, 15) is 9.50 Å². The van der Waals surface area contributed by atoms with Gasteiger partial charge in [0.05, 0.1) is 21.9 Å². The molecule has 5 nitrogen and oxygen atoms in total. The van der Waals surface area contributed by atoms with Gasteiger partial charge >= 0.3 is 0 Å². The maximum absolute atomic E-state index is 14.4. The minimum atomic E-state index is -1.01. The highest BCUT2D eigenvalue weighted by atomic mass is 79.9. The van der Waals surface area contributed by atoms with E-state index >= 15 is 0 Å². The number of aromatic nitrogens is 3. The lowest BCUT2D eigenvalue weighted by Crippen LogP contribution is -2.35. The van der Waals surface area contributed by atoms with Gasteiger partial charge in [-0.25, -0.2) is 13.9 Å². The molecule has 0 amide bonds. The van der Waals surface area contributed by atoms with Gasteiger partial charge in [0.15, 0.2) is 5.65 Å². The zero-order valence-corrected chi connectivity index (χ0v) is 14.6. The van der Waals surface area contributed by atoms with Crippen molar-refractivity contribution < 1.29 is 9.50 Å². The molecule has 1 aromatic carbocycles. The van der Waals surface area contributed by atoms with Crippen LogP contribution in [0.3, 0.4) is 0 Å². The number of rotatable bonds is 1. The van der Waals surface area contributed by atoms with Crippen LogP contribution in [0, 0.1) is 5.82 Å². The average molecular weight is 389 g/mol. The van der Waals surface area contributed by atoms with Crippen LogP contribution >= 0.6 is 15.9 Å². The molecule has 0 saturated carbocycles. The van der Waals surface area contributed by atoms with E-state index in [2.05, 4.69) is 31.0 Å². The van der Waals surface area contributed by atoms with Gasteiger partial charge in [0, 0.05) is 29.1 Å². The van der Waals surface area contributed by atoms with Crippen LogP contribution in [0.15, 0.2) is 46.3 Å². The highest BCUT2D eigenvalue weighted by molar-refractivity contribution is 9.10. The van der Waals surface area contributed by atoms with Crippen LogP contribution < -0.4 is 0 Å². The lowest BCUT2D eigenvalue weighted by molar-refractivity contribution is 0.0995. The molecule has 4 rings (SSSR count). The second-order valence-corrected chi connectivity index (χ2v) is 7.18. The van der Waals surface area contributed by atoms with Crippen LogP contribution in [-0.2, 0) is 0 Å². The Bertz CT molecular complexity index is 995. The summed E-state index contributed by atoms with van der Waals surface area (Å²) in [6.07, 6.45) is 4.14. The zero-order chi connectivity index (χ0) is 17.1. The molecule has 0 spiro atoms. The number of halogens is 2. The SMILES string of the molecule is CC1(C)N=C(c2cnc3c(Br)cnn3c2)c2cccc(F)c2C1O. The Balaban J connectivity index is 1.97. The summed E-state index contributed by atoms with van der Waals surface area (Å²) < 4.78 is 16.8. The third kappa shape index (κ3) is 2.19. The van der Waals surface area contributed by atoms with Gasteiger partial charge in [0.1, 0.15) is 11.9 Å². The van der Waals surface area contributed by atoms with Crippen LogP contribution in [0.4, 0.5) is 4.39 Å². The Labute approximate surface area is 146 Å². The first-order valence-corrected chi connectivity index (χ1v) is 8.24. The van der Waals surface area contributed by atoms with E-state index in [4.69, 9.17) is 0 Å². The molecular formula is C17H14BrFN4O. The summed E-state index contributed by atoms with van der Waals surface area (Å²) in [7, 11) is 0. The van der Waals surface area contributed by atoms with Crippen molar-refractivity contribution in [2.75, 3.05) is 0 Å². The average Bonchev–Trinajstić information content (AvgIpc) is 2.92. The summed E-state index contributed by atoms with van der Waals surface area (Å²) in [5.41, 5.74) is 2.01. The number of nitrogens with zero attached hydrogens (tertiary/aromatic N) is 4. The highest BCUT2D eigenvalue weighted by Gasteiger charge is 2.38. The molecule has 0 bridgehead atoms. The molecule has 1 aliphatic rings. The minimum absolute atomic E-state index is 0.272. The van der Waals surface area contributed by atoms with E-state index in [-0.39, 0.29) is 5.56 Å². The third-order valence-electron chi connectivity index (χ3n) is 4.24. The van der Waals surface area contributed by atoms with Crippen molar-refractivity contribution in [3.63, 3.8) is 0 Å². The Kier molecular flexibility index (Phi) is 3.33. The fourth-order valence-electron chi connectivity index (χ4n) is 2.97. The van der Waals surface area contributed by atoms with Crippen molar-refractivity contribution in [2.24, 2.45) is 4.99 Å². The third-order valence-corrected chi connectivity index (χ3v) is 4.80. The van der Waals surface area contributed by atoms with Crippen LogP contribution in [0.25, 0.3) is 5.65 Å². The van der Waals surface area contributed by atoms with Gasteiger partial charge in [0.25, 0.3) is 0 Å². The van der Waals surface area contributed by atoms with Crippen molar-refractivity contribution in [3.05, 3.63) is 63.8 Å². The number of fused-ring (bicyclic) bond motifs is 2. The van der Waals surface area contributed by atoms with E-state index in [0.29, 0.717) is 22.5 Å². The molecular weight excluding hydrogens is 375 g/mol. The van der Waals surface area contributed by atoms with Gasteiger partial charge in [-0.05, 0) is 35.8 Å². The molecule has 1 aliphatic heterocycles. The van der Waals surface area contributed by atoms with Gasteiger partial charge in [0.2, 0.25) is 0 Å². The number of benzene rings is 1. The van der Waals surface area contributed by atoms with Crippen LogP contribution in [0.2, 0.25) is 0 Å². The Hall–Kier alpha value is -2.12. The second-order valence-electron chi connectivity index (χ2n) is 6.32.